The number of carbonyl (C=O) groups is 1. The van der Waals surface area contributed by atoms with Gasteiger partial charge in [0, 0.05) is 6.20 Å². The van der Waals surface area contributed by atoms with E-state index in [9.17, 15) is 9.90 Å². The molecule has 2 rings (SSSR count). The molecule has 2 aromatic rings. The molecule has 0 atom stereocenters. The quantitative estimate of drug-likeness (QED) is 0.805. The SMILES string of the molecule is O=C(O)c1cc(-c2cccc(O)c2)ccn1. The van der Waals surface area contributed by atoms with Gasteiger partial charge in [0.25, 0.3) is 0 Å². The number of carboxylic acids is 1. The lowest BCUT2D eigenvalue weighted by Gasteiger charge is -2.02. The summed E-state index contributed by atoms with van der Waals surface area (Å²) in [5, 5.41) is 18.1. The standard InChI is InChI=1S/C12H9NO3/c14-10-3-1-2-8(6-10)9-4-5-13-11(7-9)12(15)16/h1-7,14H,(H,15,16). The molecule has 80 valence electrons. The molecule has 0 spiro atoms. The van der Waals surface area contributed by atoms with Crippen LogP contribution in [0.1, 0.15) is 10.5 Å². The maximum atomic E-state index is 10.7. The van der Waals surface area contributed by atoms with Crippen LogP contribution in [0.3, 0.4) is 0 Å². The Labute approximate surface area is 91.8 Å². The molecule has 0 unspecified atom stereocenters. The molecule has 0 fully saturated rings. The van der Waals surface area contributed by atoms with Crippen molar-refractivity contribution in [2.45, 2.75) is 0 Å². The summed E-state index contributed by atoms with van der Waals surface area (Å²) in [7, 11) is 0. The molecule has 1 aromatic carbocycles. The highest BCUT2D eigenvalue weighted by atomic mass is 16.4. The van der Waals surface area contributed by atoms with E-state index in [0.29, 0.717) is 5.56 Å². The second-order valence-electron chi connectivity index (χ2n) is 3.29. The summed E-state index contributed by atoms with van der Waals surface area (Å²) in [4.78, 5) is 14.5. The maximum Gasteiger partial charge on any atom is 0.354 e. The van der Waals surface area contributed by atoms with Crippen LogP contribution >= 0.6 is 0 Å². The topological polar surface area (TPSA) is 70.4 Å². The largest absolute Gasteiger partial charge is 0.508 e. The van der Waals surface area contributed by atoms with Gasteiger partial charge in [0.1, 0.15) is 11.4 Å². The average Bonchev–Trinajstić information content (AvgIpc) is 2.29. The molecule has 0 bridgehead atoms. The van der Waals surface area contributed by atoms with Gasteiger partial charge in [0.15, 0.2) is 0 Å². The summed E-state index contributed by atoms with van der Waals surface area (Å²) in [6.45, 7) is 0. The molecule has 0 aliphatic rings. The molecule has 1 aromatic heterocycles. The first kappa shape index (κ1) is 10.2. The van der Waals surface area contributed by atoms with Crippen molar-refractivity contribution in [2.75, 3.05) is 0 Å². The third kappa shape index (κ3) is 2.00. The molecule has 4 nitrogen and oxygen atoms in total. The number of phenols is 1. The van der Waals surface area contributed by atoms with E-state index in [4.69, 9.17) is 5.11 Å². The second-order valence-corrected chi connectivity index (χ2v) is 3.29. The highest BCUT2D eigenvalue weighted by molar-refractivity contribution is 5.87. The number of phenolic OH excluding ortho intramolecular Hbond substituents is 1. The van der Waals surface area contributed by atoms with Gasteiger partial charge in [0.2, 0.25) is 0 Å². The fourth-order valence-corrected chi connectivity index (χ4v) is 1.41. The second kappa shape index (κ2) is 4.02. The molecule has 2 N–H and O–H groups in total. The van der Waals surface area contributed by atoms with Crippen molar-refractivity contribution < 1.29 is 15.0 Å². The van der Waals surface area contributed by atoms with Crippen molar-refractivity contribution in [3.05, 3.63) is 48.3 Å². The zero-order valence-corrected chi connectivity index (χ0v) is 8.29. The highest BCUT2D eigenvalue weighted by Gasteiger charge is 2.06. The first-order valence-corrected chi connectivity index (χ1v) is 4.65. The van der Waals surface area contributed by atoms with Crippen LogP contribution < -0.4 is 0 Å². The van der Waals surface area contributed by atoms with Crippen molar-refractivity contribution >= 4 is 5.97 Å². The number of rotatable bonds is 2. The molecular weight excluding hydrogens is 206 g/mol. The molecule has 0 saturated heterocycles. The minimum Gasteiger partial charge on any atom is -0.508 e. The van der Waals surface area contributed by atoms with Gasteiger partial charge in [-0.1, -0.05) is 12.1 Å². The van der Waals surface area contributed by atoms with Crippen molar-refractivity contribution in [1.29, 1.82) is 0 Å². The lowest BCUT2D eigenvalue weighted by Crippen LogP contribution is -1.99. The van der Waals surface area contributed by atoms with E-state index in [1.54, 1.807) is 30.3 Å². The number of benzene rings is 1. The van der Waals surface area contributed by atoms with Gasteiger partial charge in [-0.3, -0.25) is 0 Å². The highest BCUT2D eigenvalue weighted by Crippen LogP contribution is 2.23. The summed E-state index contributed by atoms with van der Waals surface area (Å²) in [6, 6.07) is 9.79. The summed E-state index contributed by atoms with van der Waals surface area (Å²) in [5.41, 5.74) is 1.45. The summed E-state index contributed by atoms with van der Waals surface area (Å²) in [6.07, 6.45) is 1.43. The number of nitrogens with zero attached hydrogens (tertiary/aromatic N) is 1. The molecular formula is C12H9NO3. The molecule has 0 radical (unpaired) electrons. The predicted molar refractivity (Wildman–Crippen MR) is 58.3 cm³/mol. The Morgan fingerprint density at radius 2 is 1.88 bits per heavy atom. The Bertz CT molecular complexity index is 537. The molecule has 0 aliphatic heterocycles. The van der Waals surface area contributed by atoms with Crippen LogP contribution in [-0.2, 0) is 0 Å². The van der Waals surface area contributed by atoms with Crippen LogP contribution in [0.25, 0.3) is 11.1 Å². The summed E-state index contributed by atoms with van der Waals surface area (Å²) < 4.78 is 0. The lowest BCUT2D eigenvalue weighted by atomic mass is 10.1. The maximum absolute atomic E-state index is 10.7. The Hall–Kier alpha value is -2.36. The van der Waals surface area contributed by atoms with E-state index in [1.165, 1.54) is 12.3 Å². The van der Waals surface area contributed by atoms with Crippen LogP contribution in [0.4, 0.5) is 0 Å². The van der Waals surface area contributed by atoms with Gasteiger partial charge >= 0.3 is 5.97 Å². The third-order valence-corrected chi connectivity index (χ3v) is 2.16. The van der Waals surface area contributed by atoms with E-state index < -0.39 is 5.97 Å². The zero-order valence-electron chi connectivity index (χ0n) is 8.29. The zero-order chi connectivity index (χ0) is 11.5. The number of aromatic nitrogens is 1. The van der Waals surface area contributed by atoms with E-state index in [2.05, 4.69) is 4.98 Å². The van der Waals surface area contributed by atoms with Crippen molar-refractivity contribution in [3.8, 4) is 16.9 Å². The van der Waals surface area contributed by atoms with Crippen LogP contribution in [0.2, 0.25) is 0 Å². The van der Waals surface area contributed by atoms with Gasteiger partial charge in [-0.2, -0.15) is 0 Å². The number of hydrogen-bond donors (Lipinski definition) is 2. The van der Waals surface area contributed by atoms with Crippen LogP contribution in [0, 0.1) is 0 Å². The Morgan fingerprint density at radius 1 is 1.12 bits per heavy atom. The predicted octanol–water partition coefficient (Wildman–Crippen LogP) is 2.15. The summed E-state index contributed by atoms with van der Waals surface area (Å²) >= 11 is 0. The van der Waals surface area contributed by atoms with Gasteiger partial charge in [-0.05, 0) is 35.4 Å². The van der Waals surface area contributed by atoms with Gasteiger partial charge < -0.3 is 10.2 Å². The van der Waals surface area contributed by atoms with E-state index in [-0.39, 0.29) is 11.4 Å². The first-order valence-electron chi connectivity index (χ1n) is 4.65. The van der Waals surface area contributed by atoms with Crippen LogP contribution in [-0.4, -0.2) is 21.2 Å². The van der Waals surface area contributed by atoms with Crippen molar-refractivity contribution in [1.82, 2.24) is 4.98 Å². The third-order valence-electron chi connectivity index (χ3n) is 2.16. The van der Waals surface area contributed by atoms with Crippen molar-refractivity contribution in [2.24, 2.45) is 0 Å². The summed E-state index contributed by atoms with van der Waals surface area (Å²) in [5.74, 6) is -0.923. The minimum atomic E-state index is -1.07. The number of hydrogen-bond acceptors (Lipinski definition) is 3. The van der Waals surface area contributed by atoms with Crippen LogP contribution in [0.15, 0.2) is 42.6 Å². The van der Waals surface area contributed by atoms with E-state index in [0.717, 1.165) is 5.56 Å². The fraction of sp³-hybridized carbons (Fsp3) is 0. The van der Waals surface area contributed by atoms with Crippen LogP contribution in [0.5, 0.6) is 5.75 Å². The number of aromatic carboxylic acids is 1. The molecule has 0 saturated carbocycles. The average molecular weight is 215 g/mol. The van der Waals surface area contributed by atoms with E-state index in [1.807, 2.05) is 0 Å². The molecule has 16 heavy (non-hydrogen) atoms. The van der Waals surface area contributed by atoms with Gasteiger partial charge in [-0.25, -0.2) is 9.78 Å². The molecule has 0 aliphatic carbocycles. The Kier molecular flexibility index (Phi) is 2.55. The molecule has 4 heteroatoms. The number of pyridine rings is 1. The number of aromatic hydroxyl groups is 1. The lowest BCUT2D eigenvalue weighted by molar-refractivity contribution is 0.0690. The first-order chi connectivity index (χ1) is 7.66. The normalized spacial score (nSPS) is 10.0. The Morgan fingerprint density at radius 3 is 2.56 bits per heavy atom. The van der Waals surface area contributed by atoms with Gasteiger partial charge in [-0.15, -0.1) is 0 Å². The fourth-order valence-electron chi connectivity index (χ4n) is 1.41. The van der Waals surface area contributed by atoms with Crippen molar-refractivity contribution in [3.63, 3.8) is 0 Å². The molecule has 0 amide bonds. The van der Waals surface area contributed by atoms with Gasteiger partial charge in [0.05, 0.1) is 0 Å². The van der Waals surface area contributed by atoms with E-state index >= 15 is 0 Å². The number of carboxylic acid groups (broad SMARTS) is 1. The Balaban J connectivity index is 2.48. The smallest absolute Gasteiger partial charge is 0.354 e. The monoisotopic (exact) mass is 215 g/mol. The molecule has 1 heterocycles. The minimum absolute atomic E-state index is 0.0131.